The number of rotatable bonds is 7. The largest absolute Gasteiger partial charge is 0.497 e. The molecule has 0 bridgehead atoms. The van der Waals surface area contributed by atoms with E-state index in [1.165, 1.54) is 0 Å². The maximum absolute atomic E-state index is 14.9. The van der Waals surface area contributed by atoms with Gasteiger partial charge in [0.15, 0.2) is 0 Å². The van der Waals surface area contributed by atoms with Crippen molar-refractivity contribution in [2.45, 2.75) is 73.7 Å². The van der Waals surface area contributed by atoms with Gasteiger partial charge in [-0.15, -0.1) is 0 Å². The molecule has 2 aromatic rings. The van der Waals surface area contributed by atoms with Gasteiger partial charge in [0.05, 0.1) is 7.11 Å². The Balaban J connectivity index is 1.71. The summed E-state index contributed by atoms with van der Waals surface area (Å²) >= 11 is 0. The summed E-state index contributed by atoms with van der Waals surface area (Å²) in [5.41, 5.74) is -15.0. The van der Waals surface area contributed by atoms with Gasteiger partial charge in [-0.25, -0.2) is 8.78 Å². The van der Waals surface area contributed by atoms with Crippen molar-refractivity contribution < 1.29 is 107 Å². The van der Waals surface area contributed by atoms with E-state index in [1.54, 1.807) is 0 Å². The molecule has 0 radical (unpaired) electrons. The van der Waals surface area contributed by atoms with Gasteiger partial charge in [0.1, 0.15) is 11.5 Å². The summed E-state index contributed by atoms with van der Waals surface area (Å²) in [6.07, 6.45) is -54.7. The first-order valence-electron chi connectivity index (χ1n) is 12.9. The molecule has 2 saturated heterocycles. The Morgan fingerprint density at radius 3 is 1.14 bits per heavy atom. The van der Waals surface area contributed by atoms with E-state index < -0.39 is 96.0 Å². The van der Waals surface area contributed by atoms with E-state index in [0.29, 0.717) is 24.3 Å². The second kappa shape index (κ2) is 11.6. The lowest BCUT2D eigenvalue weighted by Gasteiger charge is -2.56. The third kappa shape index (κ3) is 5.74. The molecule has 0 unspecified atom stereocenters. The number of hydrogen-bond donors (Lipinski definition) is 0. The number of alkyl halides is 18. The molecule has 0 aromatic heterocycles. The van der Waals surface area contributed by atoms with Crippen LogP contribution in [0, 0.1) is 5.41 Å². The fourth-order valence-corrected chi connectivity index (χ4v) is 5.10. The summed E-state index contributed by atoms with van der Waals surface area (Å²) in [4.78, 5) is 0. The number of methoxy groups -OCH3 is 1. The standard InChI is InChI=1S/C26H16F18O6/c1-17(27,28)15-47-23(37,38)20(24(39,40)48-15)25(41,42)49-16(50-26(20,43)44)19(29,30)46-14-9-5-12(6-10-14)18(21(31,32)33,22(34,35)36)11-3-7-13(45-2)8-4-11/h3-10,15-16H,1-2H3. The monoisotopic (exact) mass is 766 g/mol. The maximum Gasteiger partial charge on any atom is 0.451 e. The normalized spacial score (nSPS) is 26.8. The summed E-state index contributed by atoms with van der Waals surface area (Å²) < 4.78 is 281. The predicted molar refractivity (Wildman–Crippen MR) is 123 cm³/mol. The van der Waals surface area contributed by atoms with Crippen LogP contribution in [0.3, 0.4) is 0 Å². The molecule has 6 nitrogen and oxygen atoms in total. The Bertz CT molecular complexity index is 1480. The van der Waals surface area contributed by atoms with Gasteiger partial charge < -0.3 is 9.47 Å². The Labute approximate surface area is 265 Å². The zero-order valence-electron chi connectivity index (χ0n) is 24.0. The Hall–Kier alpha value is -3.38. The SMILES string of the molecule is COc1ccc(C(c2ccc(OC(F)(F)C3OC(F)(F)C4(C(F)(F)OC(C(C)(F)F)OC4(F)F)C(F)(F)O3)cc2)(C(F)(F)F)C(F)(F)F)cc1. The molecule has 1 spiro atoms. The maximum atomic E-state index is 14.9. The number of hydrogen-bond acceptors (Lipinski definition) is 6. The molecule has 4 rings (SSSR count). The highest BCUT2D eigenvalue weighted by Gasteiger charge is 2.99. The van der Waals surface area contributed by atoms with Gasteiger partial charge in [0.2, 0.25) is 11.7 Å². The Morgan fingerprint density at radius 1 is 0.520 bits per heavy atom. The predicted octanol–water partition coefficient (Wildman–Crippen LogP) is 8.84. The molecule has 2 aliphatic rings. The van der Waals surface area contributed by atoms with Crippen molar-refractivity contribution >= 4 is 0 Å². The van der Waals surface area contributed by atoms with Gasteiger partial charge >= 0.3 is 48.3 Å². The lowest BCUT2D eigenvalue weighted by molar-refractivity contribution is -0.657. The first-order valence-corrected chi connectivity index (χ1v) is 12.9. The second-order valence-electron chi connectivity index (χ2n) is 10.6. The van der Waals surface area contributed by atoms with Crippen molar-refractivity contribution in [2.75, 3.05) is 7.11 Å². The highest BCUT2D eigenvalue weighted by atomic mass is 19.4. The van der Waals surface area contributed by atoms with Gasteiger partial charge in [0, 0.05) is 6.92 Å². The zero-order valence-corrected chi connectivity index (χ0v) is 24.0. The molecule has 0 aliphatic carbocycles. The van der Waals surface area contributed by atoms with Crippen LogP contribution < -0.4 is 9.47 Å². The summed E-state index contributed by atoms with van der Waals surface area (Å²) in [5, 5.41) is 0. The molecule has 2 heterocycles. The van der Waals surface area contributed by atoms with Crippen molar-refractivity contribution in [1.29, 1.82) is 0 Å². The molecule has 282 valence electrons. The van der Waals surface area contributed by atoms with Crippen molar-refractivity contribution in [3.05, 3.63) is 59.7 Å². The van der Waals surface area contributed by atoms with Crippen LogP contribution in [0.4, 0.5) is 79.0 Å². The summed E-state index contributed by atoms with van der Waals surface area (Å²) in [7, 11) is 1.03. The molecular formula is C26H16F18O6. The molecule has 2 aliphatic heterocycles. The first kappa shape index (κ1) is 39.4. The molecule has 0 atom stereocenters. The molecule has 2 fully saturated rings. The zero-order chi connectivity index (χ0) is 38.4. The van der Waals surface area contributed by atoms with Crippen molar-refractivity contribution in [2.24, 2.45) is 5.41 Å². The Kier molecular flexibility index (Phi) is 9.11. The van der Waals surface area contributed by atoms with Crippen LogP contribution in [0.1, 0.15) is 18.1 Å². The third-order valence-corrected chi connectivity index (χ3v) is 7.37. The van der Waals surface area contributed by atoms with Crippen molar-refractivity contribution in [1.82, 2.24) is 0 Å². The number of ether oxygens (including phenoxy) is 6. The van der Waals surface area contributed by atoms with Gasteiger partial charge in [-0.05, 0) is 35.4 Å². The number of benzene rings is 2. The van der Waals surface area contributed by atoms with Crippen LogP contribution in [0.25, 0.3) is 0 Å². The van der Waals surface area contributed by atoms with Crippen LogP contribution in [-0.4, -0.2) is 68.5 Å². The van der Waals surface area contributed by atoms with Gasteiger partial charge in [0.25, 0.3) is 12.2 Å². The van der Waals surface area contributed by atoms with Crippen LogP contribution in [-0.2, 0) is 24.4 Å². The summed E-state index contributed by atoms with van der Waals surface area (Å²) in [5.74, 6) is -6.68. The van der Waals surface area contributed by atoms with E-state index in [2.05, 4.69) is 28.4 Å². The topological polar surface area (TPSA) is 55.4 Å². The summed E-state index contributed by atoms with van der Waals surface area (Å²) in [6, 6.07) is 1.82. The van der Waals surface area contributed by atoms with Gasteiger partial charge in [-0.1, -0.05) is 24.3 Å². The minimum atomic E-state index is -6.96. The van der Waals surface area contributed by atoms with E-state index >= 15 is 0 Å². The average Bonchev–Trinajstić information content (AvgIpc) is 2.90. The van der Waals surface area contributed by atoms with E-state index in [9.17, 15) is 79.0 Å². The fourth-order valence-electron chi connectivity index (χ4n) is 5.10. The quantitative estimate of drug-likeness (QED) is 0.263. The van der Waals surface area contributed by atoms with Gasteiger partial charge in [-0.3, -0.25) is 18.9 Å². The molecule has 0 saturated carbocycles. The second-order valence-corrected chi connectivity index (χ2v) is 10.6. The molecule has 0 amide bonds. The molecule has 2 aromatic carbocycles. The number of halogens is 18. The van der Waals surface area contributed by atoms with Crippen molar-refractivity contribution in [3.63, 3.8) is 0 Å². The van der Waals surface area contributed by atoms with Crippen LogP contribution in [0.5, 0.6) is 11.5 Å². The van der Waals surface area contributed by atoms with Crippen LogP contribution in [0.2, 0.25) is 0 Å². The summed E-state index contributed by atoms with van der Waals surface area (Å²) in [6.45, 7) is -0.433. The minimum Gasteiger partial charge on any atom is -0.497 e. The third-order valence-electron chi connectivity index (χ3n) is 7.37. The smallest absolute Gasteiger partial charge is 0.451 e. The highest BCUT2D eigenvalue weighted by Crippen LogP contribution is 2.71. The lowest BCUT2D eigenvalue weighted by atomic mass is 9.73. The van der Waals surface area contributed by atoms with Crippen LogP contribution >= 0.6 is 0 Å². The minimum absolute atomic E-state index is 0.0736. The molecular weight excluding hydrogens is 750 g/mol. The van der Waals surface area contributed by atoms with E-state index in [-0.39, 0.29) is 30.0 Å². The van der Waals surface area contributed by atoms with E-state index in [1.807, 2.05) is 0 Å². The first-order chi connectivity index (χ1) is 22.3. The molecule has 50 heavy (non-hydrogen) atoms. The fraction of sp³-hybridized carbons (Fsp3) is 0.538. The average molecular weight is 766 g/mol. The molecule has 0 N–H and O–H groups in total. The highest BCUT2D eigenvalue weighted by molar-refractivity contribution is 5.47. The van der Waals surface area contributed by atoms with Gasteiger partial charge in [-0.2, -0.15) is 70.2 Å². The lowest BCUT2D eigenvalue weighted by Crippen LogP contribution is -2.82. The van der Waals surface area contributed by atoms with E-state index in [0.717, 1.165) is 7.11 Å². The van der Waals surface area contributed by atoms with Crippen LogP contribution in [0.15, 0.2) is 48.5 Å². The van der Waals surface area contributed by atoms with Crippen molar-refractivity contribution in [3.8, 4) is 11.5 Å². The Morgan fingerprint density at radius 2 is 0.840 bits per heavy atom. The van der Waals surface area contributed by atoms with E-state index in [4.69, 9.17) is 0 Å². The molecule has 24 heteroatoms.